The van der Waals surface area contributed by atoms with Gasteiger partial charge in [0.1, 0.15) is 0 Å². The average Bonchev–Trinajstić information content (AvgIpc) is 2.41. The van der Waals surface area contributed by atoms with E-state index >= 15 is 0 Å². The Morgan fingerprint density at radius 1 is 0.952 bits per heavy atom. The van der Waals surface area contributed by atoms with E-state index in [2.05, 4.69) is 96.0 Å². The van der Waals surface area contributed by atoms with Crippen molar-refractivity contribution < 1.29 is 0 Å². The van der Waals surface area contributed by atoms with Gasteiger partial charge in [-0.05, 0) is 46.7 Å². The summed E-state index contributed by atoms with van der Waals surface area (Å²) in [5, 5.41) is 0. The van der Waals surface area contributed by atoms with Gasteiger partial charge in [-0.2, -0.15) is 0 Å². The molecule has 0 fully saturated rings. The lowest BCUT2D eigenvalue weighted by Crippen LogP contribution is -2.21. The molecule has 112 valence electrons. The normalized spacial score (nSPS) is 13.3. The molecule has 0 aliphatic carbocycles. The van der Waals surface area contributed by atoms with E-state index in [-0.39, 0.29) is 11.5 Å². The second kappa shape index (κ2) is 6.23. The summed E-state index contributed by atoms with van der Waals surface area (Å²) in [6.07, 6.45) is 0. The molecule has 2 aromatic rings. The minimum atomic E-state index is -0.147. The predicted molar refractivity (Wildman–Crippen MR) is 97.8 cm³/mol. The fourth-order valence-corrected chi connectivity index (χ4v) is 3.58. The fourth-order valence-electron chi connectivity index (χ4n) is 2.52. The van der Waals surface area contributed by atoms with Gasteiger partial charge in [0.2, 0.25) is 0 Å². The molecule has 0 bridgehead atoms. The third-order valence-corrected chi connectivity index (χ3v) is 5.26. The molecule has 1 atom stereocenters. The van der Waals surface area contributed by atoms with Crippen LogP contribution in [-0.2, 0) is 5.41 Å². The molecule has 0 saturated heterocycles. The van der Waals surface area contributed by atoms with Crippen molar-refractivity contribution in [3.63, 3.8) is 0 Å². The number of hydrogen-bond acceptors (Lipinski definition) is 1. The first kappa shape index (κ1) is 16.7. The first-order valence-corrected chi connectivity index (χ1v) is 8.61. The number of benzene rings is 2. The molecular formula is C18H21Br2N. The SMILES string of the molecule is Cc1cc(Br)c(C(N)c2ccccc2C(C)(C)C)cc1Br. The van der Waals surface area contributed by atoms with E-state index in [1.807, 2.05) is 0 Å². The van der Waals surface area contributed by atoms with Crippen LogP contribution >= 0.6 is 31.9 Å². The Morgan fingerprint density at radius 3 is 2.19 bits per heavy atom. The summed E-state index contributed by atoms with van der Waals surface area (Å²) in [6.45, 7) is 8.74. The smallest absolute Gasteiger partial charge is 0.0566 e. The van der Waals surface area contributed by atoms with Gasteiger partial charge in [0, 0.05) is 8.95 Å². The van der Waals surface area contributed by atoms with Crippen molar-refractivity contribution in [1.82, 2.24) is 0 Å². The molecule has 0 amide bonds. The number of rotatable bonds is 2. The zero-order valence-electron chi connectivity index (χ0n) is 12.9. The minimum Gasteiger partial charge on any atom is -0.320 e. The van der Waals surface area contributed by atoms with E-state index in [1.165, 1.54) is 16.7 Å². The van der Waals surface area contributed by atoms with Crippen LogP contribution in [0.5, 0.6) is 0 Å². The fraction of sp³-hybridized carbons (Fsp3) is 0.333. The molecule has 0 aliphatic rings. The van der Waals surface area contributed by atoms with E-state index < -0.39 is 0 Å². The number of halogens is 2. The van der Waals surface area contributed by atoms with Gasteiger partial charge in [0.25, 0.3) is 0 Å². The van der Waals surface area contributed by atoms with E-state index in [0.29, 0.717) is 0 Å². The van der Waals surface area contributed by atoms with Crippen molar-refractivity contribution in [1.29, 1.82) is 0 Å². The van der Waals surface area contributed by atoms with E-state index in [1.54, 1.807) is 0 Å². The monoisotopic (exact) mass is 409 g/mol. The van der Waals surface area contributed by atoms with E-state index in [9.17, 15) is 0 Å². The second-order valence-corrected chi connectivity index (χ2v) is 8.15. The summed E-state index contributed by atoms with van der Waals surface area (Å²) in [4.78, 5) is 0. The van der Waals surface area contributed by atoms with Crippen molar-refractivity contribution in [3.8, 4) is 0 Å². The van der Waals surface area contributed by atoms with Gasteiger partial charge in [-0.3, -0.25) is 0 Å². The van der Waals surface area contributed by atoms with E-state index in [4.69, 9.17) is 5.73 Å². The van der Waals surface area contributed by atoms with Crippen LogP contribution < -0.4 is 5.73 Å². The van der Waals surface area contributed by atoms with Gasteiger partial charge in [-0.1, -0.05) is 76.9 Å². The Balaban J connectivity index is 2.56. The molecule has 0 heterocycles. The lowest BCUT2D eigenvalue weighted by Gasteiger charge is -2.26. The van der Waals surface area contributed by atoms with Gasteiger partial charge in [0.15, 0.2) is 0 Å². The zero-order chi connectivity index (χ0) is 15.8. The first-order valence-electron chi connectivity index (χ1n) is 7.02. The Hall–Kier alpha value is -0.640. The van der Waals surface area contributed by atoms with Gasteiger partial charge >= 0.3 is 0 Å². The maximum Gasteiger partial charge on any atom is 0.0566 e. The quantitative estimate of drug-likeness (QED) is 0.658. The lowest BCUT2D eigenvalue weighted by molar-refractivity contribution is 0.577. The molecule has 0 radical (unpaired) electrons. The Morgan fingerprint density at radius 2 is 1.57 bits per heavy atom. The highest BCUT2D eigenvalue weighted by Gasteiger charge is 2.22. The Kier molecular flexibility index (Phi) is 4.96. The predicted octanol–water partition coefficient (Wildman–Crippen LogP) is 5.87. The van der Waals surface area contributed by atoms with Gasteiger partial charge < -0.3 is 5.73 Å². The highest BCUT2D eigenvalue weighted by Crippen LogP contribution is 2.36. The maximum absolute atomic E-state index is 6.58. The molecule has 3 heteroatoms. The van der Waals surface area contributed by atoms with Crippen LogP contribution in [0.4, 0.5) is 0 Å². The topological polar surface area (TPSA) is 26.0 Å². The van der Waals surface area contributed by atoms with Crippen molar-refractivity contribution in [2.45, 2.75) is 39.2 Å². The first-order chi connectivity index (χ1) is 9.71. The largest absolute Gasteiger partial charge is 0.320 e. The van der Waals surface area contributed by atoms with Crippen molar-refractivity contribution >= 4 is 31.9 Å². The van der Waals surface area contributed by atoms with Crippen LogP contribution in [0.1, 0.15) is 49.1 Å². The maximum atomic E-state index is 6.58. The molecule has 0 aliphatic heterocycles. The van der Waals surface area contributed by atoms with E-state index in [0.717, 1.165) is 14.5 Å². The van der Waals surface area contributed by atoms with Crippen LogP contribution in [0.2, 0.25) is 0 Å². The average molecular weight is 411 g/mol. The summed E-state index contributed by atoms with van der Waals surface area (Å²) in [5.41, 5.74) is 11.4. The Bertz CT molecular complexity index is 657. The van der Waals surface area contributed by atoms with Crippen LogP contribution in [0, 0.1) is 6.92 Å². The molecule has 21 heavy (non-hydrogen) atoms. The lowest BCUT2D eigenvalue weighted by atomic mass is 9.81. The minimum absolute atomic E-state index is 0.0720. The number of aryl methyl sites for hydroxylation is 1. The molecule has 0 saturated carbocycles. The van der Waals surface area contributed by atoms with Gasteiger partial charge in [0.05, 0.1) is 6.04 Å². The molecule has 2 aromatic carbocycles. The standard InChI is InChI=1S/C18H21Br2N/c1-11-9-16(20)13(10-15(11)19)17(21)12-7-5-6-8-14(12)18(2,3)4/h5-10,17H,21H2,1-4H3. The van der Waals surface area contributed by atoms with Gasteiger partial charge in [-0.15, -0.1) is 0 Å². The van der Waals surface area contributed by atoms with Crippen molar-refractivity contribution in [2.24, 2.45) is 5.73 Å². The number of hydrogen-bond donors (Lipinski definition) is 1. The molecule has 0 spiro atoms. The summed E-state index contributed by atoms with van der Waals surface area (Å²) >= 11 is 7.26. The third-order valence-electron chi connectivity index (χ3n) is 3.72. The second-order valence-electron chi connectivity index (χ2n) is 6.44. The highest BCUT2D eigenvalue weighted by molar-refractivity contribution is 9.11. The van der Waals surface area contributed by atoms with Gasteiger partial charge in [-0.25, -0.2) is 0 Å². The van der Waals surface area contributed by atoms with Crippen LogP contribution in [0.3, 0.4) is 0 Å². The summed E-state index contributed by atoms with van der Waals surface area (Å²) < 4.78 is 2.14. The summed E-state index contributed by atoms with van der Waals surface area (Å²) in [7, 11) is 0. The molecule has 2 rings (SSSR count). The molecule has 1 nitrogen and oxygen atoms in total. The third kappa shape index (κ3) is 3.58. The highest BCUT2D eigenvalue weighted by atomic mass is 79.9. The molecule has 0 aromatic heterocycles. The molecule has 1 unspecified atom stereocenters. The van der Waals surface area contributed by atoms with Crippen LogP contribution in [0.15, 0.2) is 45.3 Å². The van der Waals surface area contributed by atoms with Crippen LogP contribution in [-0.4, -0.2) is 0 Å². The Labute approximate surface area is 144 Å². The van der Waals surface area contributed by atoms with Crippen LogP contribution in [0.25, 0.3) is 0 Å². The van der Waals surface area contributed by atoms with Crippen molar-refractivity contribution in [3.05, 3.63) is 67.6 Å². The summed E-state index contributed by atoms with van der Waals surface area (Å²) in [5.74, 6) is 0. The number of nitrogens with two attached hydrogens (primary N) is 1. The zero-order valence-corrected chi connectivity index (χ0v) is 16.0. The summed E-state index contributed by atoms with van der Waals surface area (Å²) in [6, 6.07) is 12.5. The molecule has 2 N–H and O–H groups in total. The molecular weight excluding hydrogens is 390 g/mol. The van der Waals surface area contributed by atoms with Crippen molar-refractivity contribution in [2.75, 3.05) is 0 Å².